The first-order valence-electron chi connectivity index (χ1n) is 8.81. The van der Waals surface area contributed by atoms with Crippen molar-refractivity contribution < 1.29 is 18.7 Å². The number of ether oxygens (including phenoxy) is 1. The topological polar surface area (TPSA) is 67.4 Å². The van der Waals surface area contributed by atoms with Gasteiger partial charge in [-0.3, -0.25) is 9.59 Å². The fraction of sp³-hybridized carbons (Fsp3) is 0.0909. The molecule has 0 saturated carbocycles. The zero-order valence-corrected chi connectivity index (χ0v) is 16.1. The Kier molecular flexibility index (Phi) is 6.81. The third-order valence-electron chi connectivity index (χ3n) is 3.98. The van der Waals surface area contributed by atoms with E-state index in [4.69, 9.17) is 16.3 Å². The molecule has 0 bridgehead atoms. The van der Waals surface area contributed by atoms with Gasteiger partial charge in [-0.25, -0.2) is 4.39 Å². The van der Waals surface area contributed by atoms with Gasteiger partial charge in [0.15, 0.2) is 6.61 Å². The van der Waals surface area contributed by atoms with Gasteiger partial charge in [0, 0.05) is 17.3 Å². The third-order valence-corrected chi connectivity index (χ3v) is 4.21. The number of halogens is 2. The standard InChI is InChI=1S/C22H18ClFN2O3/c23-16-8-11-20(19(12-16)22(28)26-18-4-2-1-3-5-18)29-14-21(27)25-13-15-6-9-17(24)10-7-15/h1-12H,13-14H2,(H,25,27)(H,26,28). The van der Waals surface area contributed by atoms with E-state index in [-0.39, 0.29) is 36.2 Å². The number of hydrogen-bond donors (Lipinski definition) is 2. The average Bonchev–Trinajstić information content (AvgIpc) is 2.73. The Morgan fingerprint density at radius 1 is 0.966 bits per heavy atom. The Bertz CT molecular complexity index is 995. The highest BCUT2D eigenvalue weighted by atomic mass is 35.5. The fourth-order valence-corrected chi connectivity index (χ4v) is 2.69. The molecule has 3 aromatic rings. The molecule has 7 heteroatoms. The van der Waals surface area contributed by atoms with Crippen LogP contribution in [0.1, 0.15) is 15.9 Å². The SMILES string of the molecule is O=C(COc1ccc(Cl)cc1C(=O)Nc1ccccc1)NCc1ccc(F)cc1. The highest BCUT2D eigenvalue weighted by molar-refractivity contribution is 6.31. The van der Waals surface area contributed by atoms with Crippen molar-refractivity contribution in [3.63, 3.8) is 0 Å². The molecule has 0 atom stereocenters. The summed E-state index contributed by atoms with van der Waals surface area (Å²) < 4.78 is 18.4. The summed E-state index contributed by atoms with van der Waals surface area (Å²) in [6, 6.07) is 19.4. The van der Waals surface area contributed by atoms with Crippen LogP contribution in [0.4, 0.5) is 10.1 Å². The molecule has 29 heavy (non-hydrogen) atoms. The predicted molar refractivity (Wildman–Crippen MR) is 110 cm³/mol. The number of carbonyl (C=O) groups excluding carboxylic acids is 2. The number of para-hydroxylation sites is 1. The second-order valence-electron chi connectivity index (χ2n) is 6.15. The molecule has 2 N–H and O–H groups in total. The van der Waals surface area contributed by atoms with Gasteiger partial charge in [-0.2, -0.15) is 0 Å². The van der Waals surface area contributed by atoms with Crippen LogP contribution in [0.25, 0.3) is 0 Å². The smallest absolute Gasteiger partial charge is 0.259 e. The van der Waals surface area contributed by atoms with Gasteiger partial charge in [0.05, 0.1) is 5.56 Å². The molecule has 3 aromatic carbocycles. The molecule has 0 heterocycles. The largest absolute Gasteiger partial charge is 0.483 e. The predicted octanol–water partition coefficient (Wildman–Crippen LogP) is 4.43. The lowest BCUT2D eigenvalue weighted by Crippen LogP contribution is -2.28. The highest BCUT2D eigenvalue weighted by Crippen LogP contribution is 2.24. The molecule has 0 fully saturated rings. The maximum Gasteiger partial charge on any atom is 0.259 e. The summed E-state index contributed by atoms with van der Waals surface area (Å²) in [5.74, 6) is -0.883. The van der Waals surface area contributed by atoms with Crippen LogP contribution >= 0.6 is 11.6 Å². The number of nitrogens with one attached hydrogen (secondary N) is 2. The van der Waals surface area contributed by atoms with Crippen molar-refractivity contribution >= 4 is 29.1 Å². The number of rotatable bonds is 7. The van der Waals surface area contributed by atoms with Gasteiger partial charge in [0.2, 0.25) is 0 Å². The molecule has 0 aliphatic heterocycles. The molecule has 0 aromatic heterocycles. The number of carbonyl (C=O) groups is 2. The number of hydrogen-bond acceptors (Lipinski definition) is 3. The first-order chi connectivity index (χ1) is 14.0. The van der Waals surface area contributed by atoms with Gasteiger partial charge in [-0.05, 0) is 48.0 Å². The molecule has 148 valence electrons. The fourth-order valence-electron chi connectivity index (χ4n) is 2.52. The summed E-state index contributed by atoms with van der Waals surface area (Å²) >= 11 is 6.01. The van der Waals surface area contributed by atoms with Gasteiger partial charge in [-0.15, -0.1) is 0 Å². The lowest BCUT2D eigenvalue weighted by atomic mass is 10.2. The molecule has 0 unspecified atom stereocenters. The molecule has 3 rings (SSSR count). The Morgan fingerprint density at radius 2 is 1.69 bits per heavy atom. The summed E-state index contributed by atoms with van der Waals surface area (Å²) in [6.45, 7) is -0.0428. The maximum atomic E-state index is 12.9. The molecule has 0 radical (unpaired) electrons. The van der Waals surface area contributed by atoms with Crippen LogP contribution in [-0.4, -0.2) is 18.4 Å². The summed E-state index contributed by atoms with van der Waals surface area (Å²) in [5.41, 5.74) is 1.60. The summed E-state index contributed by atoms with van der Waals surface area (Å²) in [7, 11) is 0. The van der Waals surface area contributed by atoms with Crippen LogP contribution in [0, 0.1) is 5.82 Å². The van der Waals surface area contributed by atoms with Crippen LogP contribution in [-0.2, 0) is 11.3 Å². The summed E-state index contributed by atoms with van der Waals surface area (Å²) in [6.07, 6.45) is 0. The van der Waals surface area contributed by atoms with E-state index < -0.39 is 5.91 Å². The number of benzene rings is 3. The molecule has 0 saturated heterocycles. The van der Waals surface area contributed by atoms with Crippen molar-refractivity contribution in [3.8, 4) is 5.75 Å². The Balaban J connectivity index is 1.60. The summed E-state index contributed by atoms with van der Waals surface area (Å²) in [4.78, 5) is 24.6. The number of anilines is 1. The molecule has 5 nitrogen and oxygen atoms in total. The monoisotopic (exact) mass is 412 g/mol. The Hall–Kier alpha value is -3.38. The van der Waals surface area contributed by atoms with E-state index in [2.05, 4.69) is 10.6 Å². The third kappa shape index (κ3) is 6.05. The van der Waals surface area contributed by atoms with E-state index in [0.29, 0.717) is 10.7 Å². The van der Waals surface area contributed by atoms with Crippen molar-refractivity contribution in [1.29, 1.82) is 0 Å². The van der Waals surface area contributed by atoms with Crippen LogP contribution in [0.2, 0.25) is 5.02 Å². The first kappa shape index (κ1) is 20.4. The van der Waals surface area contributed by atoms with Gasteiger partial charge in [0.25, 0.3) is 11.8 Å². The van der Waals surface area contributed by atoms with Gasteiger partial charge < -0.3 is 15.4 Å². The molecule has 2 amide bonds. The number of amides is 2. The van der Waals surface area contributed by atoms with E-state index in [1.54, 1.807) is 42.5 Å². The van der Waals surface area contributed by atoms with Gasteiger partial charge >= 0.3 is 0 Å². The quantitative estimate of drug-likeness (QED) is 0.603. The Labute approximate surface area is 172 Å². The summed E-state index contributed by atoms with van der Waals surface area (Å²) in [5, 5.41) is 5.80. The Morgan fingerprint density at radius 3 is 2.41 bits per heavy atom. The molecule has 0 aliphatic rings. The minimum atomic E-state index is -0.402. The van der Waals surface area contributed by atoms with Gasteiger partial charge in [0.1, 0.15) is 11.6 Å². The van der Waals surface area contributed by atoms with Crippen LogP contribution in [0.15, 0.2) is 72.8 Å². The zero-order valence-electron chi connectivity index (χ0n) is 15.3. The molecule has 0 aliphatic carbocycles. The minimum Gasteiger partial charge on any atom is -0.483 e. The van der Waals surface area contributed by atoms with Crippen LogP contribution in [0.5, 0.6) is 5.75 Å². The second-order valence-corrected chi connectivity index (χ2v) is 6.59. The van der Waals surface area contributed by atoms with E-state index in [0.717, 1.165) is 5.56 Å². The van der Waals surface area contributed by atoms with E-state index in [1.807, 2.05) is 6.07 Å². The lowest BCUT2D eigenvalue weighted by molar-refractivity contribution is -0.123. The molecular weight excluding hydrogens is 395 g/mol. The van der Waals surface area contributed by atoms with Crippen molar-refractivity contribution in [2.75, 3.05) is 11.9 Å². The van der Waals surface area contributed by atoms with E-state index in [9.17, 15) is 14.0 Å². The molecular formula is C22H18ClFN2O3. The molecule has 0 spiro atoms. The van der Waals surface area contributed by atoms with Crippen molar-refractivity contribution in [1.82, 2.24) is 5.32 Å². The van der Waals surface area contributed by atoms with Crippen molar-refractivity contribution in [3.05, 3.63) is 94.8 Å². The average molecular weight is 413 g/mol. The van der Waals surface area contributed by atoms with Crippen LogP contribution < -0.4 is 15.4 Å². The van der Waals surface area contributed by atoms with E-state index in [1.165, 1.54) is 24.3 Å². The van der Waals surface area contributed by atoms with E-state index >= 15 is 0 Å². The maximum absolute atomic E-state index is 12.9. The normalized spacial score (nSPS) is 10.3. The first-order valence-corrected chi connectivity index (χ1v) is 9.19. The lowest BCUT2D eigenvalue weighted by Gasteiger charge is -2.12. The highest BCUT2D eigenvalue weighted by Gasteiger charge is 2.15. The minimum absolute atomic E-state index is 0.215. The van der Waals surface area contributed by atoms with Crippen molar-refractivity contribution in [2.45, 2.75) is 6.54 Å². The second kappa shape index (κ2) is 9.71. The van der Waals surface area contributed by atoms with Gasteiger partial charge in [-0.1, -0.05) is 41.9 Å². The van der Waals surface area contributed by atoms with Crippen LogP contribution in [0.3, 0.4) is 0 Å². The zero-order chi connectivity index (χ0) is 20.6. The van der Waals surface area contributed by atoms with Crippen molar-refractivity contribution in [2.24, 2.45) is 0 Å².